The van der Waals surface area contributed by atoms with E-state index in [4.69, 9.17) is 21.5 Å². The molecule has 0 unspecified atom stereocenters. The smallest absolute Gasteiger partial charge is 0.322 e. The maximum absolute atomic E-state index is 11.6. The number of benzene rings is 1. The van der Waals surface area contributed by atoms with Gasteiger partial charge in [-0.25, -0.2) is 0 Å². The fourth-order valence-electron chi connectivity index (χ4n) is 1.61. The van der Waals surface area contributed by atoms with Crippen LogP contribution in [0.3, 0.4) is 0 Å². The van der Waals surface area contributed by atoms with Crippen molar-refractivity contribution in [2.75, 3.05) is 6.54 Å². The first-order valence-electron chi connectivity index (χ1n) is 5.54. The fraction of sp³-hybridized carbons (Fsp3) is 0.250. The Bertz CT molecular complexity index is 527. The number of hydrogen-bond acceptors (Lipinski definition) is 4. The number of carbonyl (C=O) groups excluding carboxylic acids is 1. The summed E-state index contributed by atoms with van der Waals surface area (Å²) in [6.07, 6.45) is -0.488. The second-order valence-electron chi connectivity index (χ2n) is 3.95. The van der Waals surface area contributed by atoms with Crippen LogP contribution >= 0.6 is 11.6 Å². The van der Waals surface area contributed by atoms with Crippen molar-refractivity contribution in [3.8, 4) is 0 Å². The number of halogens is 1. The fourth-order valence-corrected chi connectivity index (χ4v) is 1.73. The van der Waals surface area contributed by atoms with Gasteiger partial charge < -0.3 is 15.3 Å². The van der Waals surface area contributed by atoms with E-state index in [0.717, 1.165) is 5.56 Å². The number of amides is 1. The largest absolute Gasteiger partial charge is 0.480 e. The summed E-state index contributed by atoms with van der Waals surface area (Å²) in [7, 11) is 0. The van der Waals surface area contributed by atoms with E-state index in [-0.39, 0.29) is 0 Å². The van der Waals surface area contributed by atoms with Crippen LogP contribution in [0.1, 0.15) is 12.0 Å². The number of oxime groups is 1. The Morgan fingerprint density at radius 3 is 2.74 bits per heavy atom. The van der Waals surface area contributed by atoms with Crippen molar-refractivity contribution >= 4 is 29.2 Å². The van der Waals surface area contributed by atoms with Gasteiger partial charge in [0.25, 0.3) is 5.91 Å². The summed E-state index contributed by atoms with van der Waals surface area (Å²) in [5.74, 6) is -1.60. The third-order valence-corrected chi connectivity index (χ3v) is 2.80. The number of carboxylic acid groups (broad SMARTS) is 1. The highest BCUT2D eigenvalue weighted by molar-refractivity contribution is 6.30. The van der Waals surface area contributed by atoms with Gasteiger partial charge in [-0.1, -0.05) is 28.9 Å². The van der Waals surface area contributed by atoms with E-state index in [1.54, 1.807) is 24.3 Å². The normalized spacial score (nSPS) is 17.5. The number of carboxylic acids is 1. The van der Waals surface area contributed by atoms with Crippen molar-refractivity contribution in [3.63, 3.8) is 0 Å². The van der Waals surface area contributed by atoms with E-state index in [0.29, 0.717) is 17.2 Å². The van der Waals surface area contributed by atoms with Crippen LogP contribution in [0.25, 0.3) is 0 Å². The average molecular weight is 283 g/mol. The molecule has 0 spiro atoms. The monoisotopic (exact) mass is 282 g/mol. The summed E-state index contributed by atoms with van der Waals surface area (Å²) in [5.41, 5.74) is 1.45. The lowest BCUT2D eigenvalue weighted by Gasteiger charge is -2.07. The first kappa shape index (κ1) is 13.4. The third-order valence-electron chi connectivity index (χ3n) is 2.55. The van der Waals surface area contributed by atoms with Crippen LogP contribution in [0.4, 0.5) is 0 Å². The number of nitrogens with one attached hydrogen (secondary N) is 1. The molecule has 0 saturated carbocycles. The molecule has 1 amide bonds. The second kappa shape index (κ2) is 5.71. The molecule has 1 atom stereocenters. The highest BCUT2D eigenvalue weighted by atomic mass is 35.5. The van der Waals surface area contributed by atoms with Crippen molar-refractivity contribution in [2.45, 2.75) is 12.5 Å². The minimum absolute atomic E-state index is 0.299. The Morgan fingerprint density at radius 2 is 2.11 bits per heavy atom. The summed E-state index contributed by atoms with van der Waals surface area (Å²) >= 11 is 5.78. The Kier molecular flexibility index (Phi) is 4.01. The SMILES string of the molecule is O=C(O)CNC(=O)[C@H]1CC(c2ccc(Cl)cc2)=NO1. The maximum Gasteiger partial charge on any atom is 0.322 e. The highest BCUT2D eigenvalue weighted by Gasteiger charge is 2.28. The predicted molar refractivity (Wildman–Crippen MR) is 68.1 cm³/mol. The molecule has 19 heavy (non-hydrogen) atoms. The molecule has 0 fully saturated rings. The van der Waals surface area contributed by atoms with Crippen LogP contribution in [-0.4, -0.2) is 35.3 Å². The standard InChI is InChI=1S/C12H11ClN2O4/c13-8-3-1-7(2-4-8)9-5-10(19-15-9)12(18)14-6-11(16)17/h1-4,10H,5-6H2,(H,14,18)(H,16,17)/t10-/m1/s1. The molecule has 1 aromatic carbocycles. The second-order valence-corrected chi connectivity index (χ2v) is 4.39. The lowest BCUT2D eigenvalue weighted by molar-refractivity contribution is -0.140. The predicted octanol–water partition coefficient (Wildman–Crippen LogP) is 1.03. The van der Waals surface area contributed by atoms with Gasteiger partial charge in [0.1, 0.15) is 6.54 Å². The zero-order valence-corrected chi connectivity index (χ0v) is 10.6. The summed E-state index contributed by atoms with van der Waals surface area (Å²) in [6, 6.07) is 7.00. The first-order valence-corrected chi connectivity index (χ1v) is 5.92. The number of nitrogens with zero attached hydrogens (tertiary/aromatic N) is 1. The third kappa shape index (κ3) is 3.45. The number of hydrogen-bond donors (Lipinski definition) is 2. The molecule has 1 aromatic rings. The zero-order chi connectivity index (χ0) is 13.8. The molecule has 100 valence electrons. The van der Waals surface area contributed by atoms with Crippen molar-refractivity contribution < 1.29 is 19.5 Å². The Labute approximate surface area is 114 Å². The van der Waals surface area contributed by atoms with Crippen molar-refractivity contribution in [2.24, 2.45) is 5.16 Å². The van der Waals surface area contributed by atoms with Crippen LogP contribution < -0.4 is 5.32 Å². The summed E-state index contributed by atoms with van der Waals surface area (Å²) < 4.78 is 0. The molecule has 2 rings (SSSR count). The van der Waals surface area contributed by atoms with E-state index in [1.165, 1.54) is 0 Å². The summed E-state index contributed by atoms with van der Waals surface area (Å²) in [5, 5.41) is 15.2. The van der Waals surface area contributed by atoms with Gasteiger partial charge in [-0.2, -0.15) is 0 Å². The van der Waals surface area contributed by atoms with Gasteiger partial charge >= 0.3 is 5.97 Å². The van der Waals surface area contributed by atoms with Crippen molar-refractivity contribution in [1.82, 2.24) is 5.32 Å². The molecule has 0 saturated heterocycles. The van der Waals surface area contributed by atoms with Crippen LogP contribution in [0.2, 0.25) is 5.02 Å². The van der Waals surface area contributed by atoms with Gasteiger partial charge in [-0.15, -0.1) is 0 Å². The Hall–Kier alpha value is -2.08. The molecule has 1 aliphatic rings. The van der Waals surface area contributed by atoms with Gasteiger partial charge in [0.05, 0.1) is 5.71 Å². The van der Waals surface area contributed by atoms with Crippen LogP contribution in [0.15, 0.2) is 29.4 Å². The van der Waals surface area contributed by atoms with Gasteiger partial charge in [0, 0.05) is 11.4 Å². The number of aliphatic carboxylic acids is 1. The van der Waals surface area contributed by atoms with Crippen LogP contribution in [0.5, 0.6) is 0 Å². The molecule has 7 heteroatoms. The minimum atomic E-state index is -1.11. The van der Waals surface area contributed by atoms with Gasteiger partial charge in [-0.05, 0) is 17.7 Å². The van der Waals surface area contributed by atoms with E-state index in [1.807, 2.05) is 0 Å². The van der Waals surface area contributed by atoms with Crippen LogP contribution in [0, 0.1) is 0 Å². The first-order chi connectivity index (χ1) is 9.06. The van der Waals surface area contributed by atoms with E-state index >= 15 is 0 Å². The van der Waals surface area contributed by atoms with Crippen molar-refractivity contribution in [1.29, 1.82) is 0 Å². The molecule has 1 aliphatic heterocycles. The highest BCUT2D eigenvalue weighted by Crippen LogP contribution is 2.18. The van der Waals surface area contributed by atoms with Crippen LogP contribution in [-0.2, 0) is 14.4 Å². The number of carbonyl (C=O) groups is 2. The summed E-state index contributed by atoms with van der Waals surface area (Å²) in [4.78, 5) is 26.9. The van der Waals surface area contributed by atoms with E-state index in [9.17, 15) is 9.59 Å². The zero-order valence-electron chi connectivity index (χ0n) is 9.80. The molecule has 0 radical (unpaired) electrons. The van der Waals surface area contributed by atoms with Gasteiger partial charge in [0.15, 0.2) is 0 Å². The Morgan fingerprint density at radius 1 is 1.42 bits per heavy atom. The minimum Gasteiger partial charge on any atom is -0.480 e. The molecule has 2 N–H and O–H groups in total. The maximum atomic E-state index is 11.6. The molecule has 1 heterocycles. The summed E-state index contributed by atoms with van der Waals surface area (Å²) in [6.45, 7) is -0.436. The molecular weight excluding hydrogens is 272 g/mol. The average Bonchev–Trinajstić information content (AvgIpc) is 2.86. The quantitative estimate of drug-likeness (QED) is 0.863. The molecular formula is C12H11ClN2O4. The van der Waals surface area contributed by atoms with E-state index < -0.39 is 24.5 Å². The molecule has 0 bridgehead atoms. The van der Waals surface area contributed by atoms with Gasteiger partial charge in [-0.3, -0.25) is 9.59 Å². The van der Waals surface area contributed by atoms with Gasteiger partial charge in [0.2, 0.25) is 6.10 Å². The lowest BCUT2D eigenvalue weighted by atomic mass is 10.0. The molecule has 0 aromatic heterocycles. The van der Waals surface area contributed by atoms with E-state index in [2.05, 4.69) is 10.5 Å². The lowest BCUT2D eigenvalue weighted by Crippen LogP contribution is -2.37. The number of rotatable bonds is 4. The molecule has 6 nitrogen and oxygen atoms in total. The topological polar surface area (TPSA) is 88.0 Å². The molecule has 0 aliphatic carbocycles. The van der Waals surface area contributed by atoms with Crippen molar-refractivity contribution in [3.05, 3.63) is 34.9 Å². The Balaban J connectivity index is 1.93.